The van der Waals surface area contributed by atoms with Gasteiger partial charge in [-0.15, -0.1) is 31.4 Å². The summed E-state index contributed by atoms with van der Waals surface area (Å²) in [4.78, 5) is 2.42. The highest BCUT2D eigenvalue weighted by atomic mass is 35.5. The summed E-state index contributed by atoms with van der Waals surface area (Å²) in [5.74, 6) is -0.114. The van der Waals surface area contributed by atoms with Gasteiger partial charge in [-0.1, -0.05) is 18.2 Å². The molecule has 0 unspecified atom stereocenters. The minimum absolute atomic E-state index is 0. The van der Waals surface area contributed by atoms with E-state index in [4.69, 9.17) is 0 Å². The minimum atomic E-state index is -0.114. The molecule has 5 heteroatoms. The second-order valence-corrected chi connectivity index (χ2v) is 4.78. The van der Waals surface area contributed by atoms with Crippen molar-refractivity contribution in [1.82, 2.24) is 10.2 Å². The van der Waals surface area contributed by atoms with Crippen molar-refractivity contribution in [1.29, 1.82) is 0 Å². The maximum Gasteiger partial charge on any atom is 0.126 e. The van der Waals surface area contributed by atoms with E-state index >= 15 is 0 Å². The number of hydrogen-bond acceptors (Lipinski definition) is 2. The first-order valence-electron chi connectivity index (χ1n) is 6.54. The van der Waals surface area contributed by atoms with Crippen LogP contribution in [0.2, 0.25) is 0 Å². The van der Waals surface area contributed by atoms with Crippen LogP contribution in [-0.4, -0.2) is 31.1 Å². The molecule has 0 aliphatic carbocycles. The smallest absolute Gasteiger partial charge is 0.126 e. The predicted molar refractivity (Wildman–Crippen MR) is 87.6 cm³/mol. The first kappa shape index (κ1) is 19.4. The van der Waals surface area contributed by atoms with E-state index in [1.165, 1.54) is 6.07 Å². The van der Waals surface area contributed by atoms with E-state index in [1.54, 1.807) is 6.07 Å². The Morgan fingerprint density at radius 2 is 2.00 bits per heavy atom. The Morgan fingerprint density at radius 3 is 2.60 bits per heavy atom. The van der Waals surface area contributed by atoms with Crippen LogP contribution in [0.4, 0.5) is 4.39 Å². The lowest BCUT2D eigenvalue weighted by atomic mass is 9.96. The zero-order valence-corrected chi connectivity index (χ0v) is 13.4. The van der Waals surface area contributed by atoms with Crippen molar-refractivity contribution in [2.24, 2.45) is 0 Å². The van der Waals surface area contributed by atoms with E-state index in [0.29, 0.717) is 0 Å². The van der Waals surface area contributed by atoms with Crippen molar-refractivity contribution in [3.8, 4) is 0 Å². The van der Waals surface area contributed by atoms with Gasteiger partial charge in [0.05, 0.1) is 0 Å². The molecule has 0 saturated carbocycles. The molecule has 20 heavy (non-hydrogen) atoms. The summed E-state index contributed by atoms with van der Waals surface area (Å²) in [7, 11) is 0. The van der Waals surface area contributed by atoms with Gasteiger partial charge in [-0.3, -0.25) is 4.90 Å². The van der Waals surface area contributed by atoms with Crippen LogP contribution in [0.1, 0.15) is 23.6 Å². The molecular formula is C15H23Cl2FN2. The van der Waals surface area contributed by atoms with E-state index < -0.39 is 0 Å². The van der Waals surface area contributed by atoms with Crippen molar-refractivity contribution < 1.29 is 4.39 Å². The number of hydrogen-bond donors (Lipinski definition) is 1. The molecule has 0 aromatic heterocycles. The highest BCUT2D eigenvalue weighted by Crippen LogP contribution is 2.28. The molecule has 1 aliphatic heterocycles. The van der Waals surface area contributed by atoms with Gasteiger partial charge in [0, 0.05) is 32.2 Å². The Morgan fingerprint density at radius 1 is 1.35 bits per heavy atom. The molecule has 1 heterocycles. The van der Waals surface area contributed by atoms with Gasteiger partial charge in [-0.2, -0.15) is 0 Å². The van der Waals surface area contributed by atoms with Crippen LogP contribution >= 0.6 is 24.8 Å². The van der Waals surface area contributed by atoms with Crippen LogP contribution in [0.15, 0.2) is 30.9 Å². The van der Waals surface area contributed by atoms with Crippen LogP contribution in [0.5, 0.6) is 0 Å². The van der Waals surface area contributed by atoms with Gasteiger partial charge in [0.1, 0.15) is 5.82 Å². The van der Waals surface area contributed by atoms with Crippen LogP contribution in [0.25, 0.3) is 0 Å². The van der Waals surface area contributed by atoms with Crippen LogP contribution < -0.4 is 5.32 Å². The lowest BCUT2D eigenvalue weighted by Crippen LogP contribution is -2.45. The molecule has 114 valence electrons. The average molecular weight is 321 g/mol. The third kappa shape index (κ3) is 4.45. The molecule has 1 atom stereocenters. The molecule has 0 spiro atoms. The number of benzene rings is 1. The van der Waals surface area contributed by atoms with E-state index in [0.717, 1.165) is 43.7 Å². The largest absolute Gasteiger partial charge is 0.314 e. The summed E-state index contributed by atoms with van der Waals surface area (Å²) in [6.45, 7) is 9.72. The molecule has 1 aromatic carbocycles. The highest BCUT2D eigenvalue weighted by Gasteiger charge is 2.23. The molecule has 1 saturated heterocycles. The van der Waals surface area contributed by atoms with Gasteiger partial charge in [0.25, 0.3) is 0 Å². The quantitative estimate of drug-likeness (QED) is 0.854. The SMILES string of the molecule is C=CC[C@@H](c1cccc(F)c1C)N1CCNCC1.Cl.Cl. The molecule has 2 rings (SSSR count). The van der Waals surface area contributed by atoms with Gasteiger partial charge >= 0.3 is 0 Å². The summed E-state index contributed by atoms with van der Waals surface area (Å²) in [5, 5.41) is 3.35. The van der Waals surface area contributed by atoms with Crippen LogP contribution in [0, 0.1) is 12.7 Å². The number of nitrogens with zero attached hydrogens (tertiary/aromatic N) is 1. The third-order valence-electron chi connectivity index (χ3n) is 3.65. The van der Waals surface area contributed by atoms with Gasteiger partial charge in [0.15, 0.2) is 0 Å². The maximum atomic E-state index is 13.7. The Bertz CT molecular complexity index is 420. The summed E-state index contributed by atoms with van der Waals surface area (Å²) >= 11 is 0. The van der Waals surface area contributed by atoms with Crippen LogP contribution in [-0.2, 0) is 0 Å². The monoisotopic (exact) mass is 320 g/mol. The van der Waals surface area contributed by atoms with E-state index in [1.807, 2.05) is 19.1 Å². The van der Waals surface area contributed by atoms with Gasteiger partial charge in [-0.25, -0.2) is 4.39 Å². The van der Waals surface area contributed by atoms with E-state index in [9.17, 15) is 4.39 Å². The first-order valence-corrected chi connectivity index (χ1v) is 6.54. The maximum absolute atomic E-state index is 13.7. The second kappa shape index (κ2) is 9.35. The number of halogens is 3. The summed E-state index contributed by atoms with van der Waals surface area (Å²) < 4.78 is 13.7. The molecule has 0 amide bonds. The molecule has 1 N–H and O–H groups in total. The average Bonchev–Trinajstić information content (AvgIpc) is 2.41. The summed E-state index contributed by atoms with van der Waals surface area (Å²) in [6, 6.07) is 5.62. The molecule has 0 bridgehead atoms. The van der Waals surface area contributed by atoms with Crippen molar-refractivity contribution in [2.75, 3.05) is 26.2 Å². The standard InChI is InChI=1S/C15H21FN2.2ClH/c1-3-5-15(18-10-8-17-9-11-18)13-6-4-7-14(16)12(13)2;;/h3-4,6-7,15,17H,1,5,8-11H2,2H3;2*1H/t15-;;/m0../s1. The fraction of sp³-hybridized carbons (Fsp3) is 0.467. The number of rotatable bonds is 4. The van der Waals surface area contributed by atoms with E-state index in [-0.39, 0.29) is 36.7 Å². The number of nitrogens with one attached hydrogen (secondary N) is 1. The normalized spacial score (nSPS) is 16.7. The molecule has 1 fully saturated rings. The van der Waals surface area contributed by atoms with Gasteiger partial charge in [0.2, 0.25) is 0 Å². The van der Waals surface area contributed by atoms with Gasteiger partial charge < -0.3 is 5.32 Å². The Hall–Kier alpha value is -0.610. The molecule has 1 aliphatic rings. The van der Waals surface area contributed by atoms with Crippen LogP contribution in [0.3, 0.4) is 0 Å². The topological polar surface area (TPSA) is 15.3 Å². The zero-order chi connectivity index (χ0) is 13.0. The Kier molecular flexibility index (Phi) is 9.06. The third-order valence-corrected chi connectivity index (χ3v) is 3.65. The fourth-order valence-corrected chi connectivity index (χ4v) is 2.61. The Labute approximate surface area is 133 Å². The summed E-state index contributed by atoms with van der Waals surface area (Å²) in [5.41, 5.74) is 1.86. The van der Waals surface area contributed by atoms with Gasteiger partial charge in [-0.05, 0) is 30.5 Å². The number of piperazine rings is 1. The first-order chi connectivity index (χ1) is 8.74. The van der Waals surface area contributed by atoms with Crippen molar-refractivity contribution >= 4 is 24.8 Å². The van der Waals surface area contributed by atoms with Crippen molar-refractivity contribution in [3.05, 3.63) is 47.8 Å². The molecule has 1 aromatic rings. The fourth-order valence-electron chi connectivity index (χ4n) is 2.61. The lowest BCUT2D eigenvalue weighted by Gasteiger charge is -2.35. The Balaban J connectivity index is 0.00000180. The second-order valence-electron chi connectivity index (χ2n) is 4.78. The molecule has 2 nitrogen and oxygen atoms in total. The minimum Gasteiger partial charge on any atom is -0.314 e. The zero-order valence-electron chi connectivity index (χ0n) is 11.8. The lowest BCUT2D eigenvalue weighted by molar-refractivity contribution is 0.173. The molecule has 0 radical (unpaired) electrons. The van der Waals surface area contributed by atoms with Crippen molar-refractivity contribution in [3.63, 3.8) is 0 Å². The highest BCUT2D eigenvalue weighted by molar-refractivity contribution is 5.85. The predicted octanol–water partition coefficient (Wildman–Crippen LogP) is 3.50. The molecular weight excluding hydrogens is 298 g/mol. The van der Waals surface area contributed by atoms with E-state index in [2.05, 4.69) is 16.8 Å². The van der Waals surface area contributed by atoms with Crippen molar-refractivity contribution in [2.45, 2.75) is 19.4 Å². The summed E-state index contributed by atoms with van der Waals surface area (Å²) in [6.07, 6.45) is 2.79.